The summed E-state index contributed by atoms with van der Waals surface area (Å²) in [6.07, 6.45) is 1.77. The van der Waals surface area contributed by atoms with Gasteiger partial charge in [0.05, 0.1) is 5.56 Å². The summed E-state index contributed by atoms with van der Waals surface area (Å²) in [5.41, 5.74) is 4.59. The normalized spacial score (nSPS) is 13.7. The lowest BCUT2D eigenvalue weighted by Crippen LogP contribution is -1.98. The van der Waals surface area contributed by atoms with Crippen LogP contribution in [0.15, 0.2) is 103 Å². The molecule has 5 rings (SSSR count). The second-order valence-corrected chi connectivity index (χ2v) is 7.87. The summed E-state index contributed by atoms with van der Waals surface area (Å²) in [4.78, 5) is 12.8. The van der Waals surface area contributed by atoms with Gasteiger partial charge in [-0.3, -0.25) is 4.79 Å². The van der Waals surface area contributed by atoms with Crippen molar-refractivity contribution in [1.29, 1.82) is 0 Å². The van der Waals surface area contributed by atoms with Gasteiger partial charge in [-0.05, 0) is 41.0 Å². The van der Waals surface area contributed by atoms with Crippen molar-refractivity contribution in [3.05, 3.63) is 125 Å². The van der Waals surface area contributed by atoms with E-state index in [0.29, 0.717) is 34.5 Å². The first-order valence-electron chi connectivity index (χ1n) is 10.3. The van der Waals surface area contributed by atoms with Crippen LogP contribution in [-0.2, 0) is 6.61 Å². The maximum absolute atomic E-state index is 12.8. The Morgan fingerprint density at radius 2 is 1.53 bits per heavy atom. The van der Waals surface area contributed by atoms with Gasteiger partial charge in [0.2, 0.25) is 5.78 Å². The molecule has 0 saturated carbocycles. The SMILES string of the molecule is O=C1/C(=C/c2ccc(-c3ccccc3)cc2)Oc2cc(OCc3ccccc3Cl)ccc21. The van der Waals surface area contributed by atoms with Crippen molar-refractivity contribution in [3.8, 4) is 22.6 Å². The molecule has 0 aliphatic carbocycles. The molecular weight excluding hydrogens is 420 g/mol. The second kappa shape index (κ2) is 8.74. The van der Waals surface area contributed by atoms with E-state index in [9.17, 15) is 4.79 Å². The number of allylic oxidation sites excluding steroid dienone is 1. The molecule has 0 radical (unpaired) electrons. The van der Waals surface area contributed by atoms with E-state index in [1.807, 2.05) is 66.7 Å². The number of ether oxygens (including phenoxy) is 2. The van der Waals surface area contributed by atoms with Gasteiger partial charge >= 0.3 is 0 Å². The molecule has 1 heterocycles. The highest BCUT2D eigenvalue weighted by Gasteiger charge is 2.27. The van der Waals surface area contributed by atoms with Gasteiger partial charge in [0.1, 0.15) is 18.1 Å². The lowest BCUT2D eigenvalue weighted by molar-refractivity contribution is 0.101. The van der Waals surface area contributed by atoms with Gasteiger partial charge in [0.25, 0.3) is 0 Å². The highest BCUT2D eigenvalue weighted by Crippen LogP contribution is 2.35. The van der Waals surface area contributed by atoms with Crippen LogP contribution in [0.2, 0.25) is 5.02 Å². The number of carbonyl (C=O) groups excluding carboxylic acids is 1. The van der Waals surface area contributed by atoms with Gasteiger partial charge in [-0.2, -0.15) is 0 Å². The van der Waals surface area contributed by atoms with Gasteiger partial charge < -0.3 is 9.47 Å². The van der Waals surface area contributed by atoms with Crippen molar-refractivity contribution in [3.63, 3.8) is 0 Å². The lowest BCUT2D eigenvalue weighted by atomic mass is 10.0. The molecule has 0 bridgehead atoms. The van der Waals surface area contributed by atoms with Crippen molar-refractivity contribution in [2.75, 3.05) is 0 Å². The van der Waals surface area contributed by atoms with Crippen LogP contribution in [-0.4, -0.2) is 5.78 Å². The molecule has 0 aromatic heterocycles. The summed E-state index contributed by atoms with van der Waals surface area (Å²) >= 11 is 6.19. The average Bonchev–Trinajstić information content (AvgIpc) is 3.14. The Kier molecular flexibility index (Phi) is 5.49. The Labute approximate surface area is 191 Å². The molecule has 0 amide bonds. The van der Waals surface area contributed by atoms with Gasteiger partial charge in [0.15, 0.2) is 5.76 Å². The molecule has 4 aromatic carbocycles. The topological polar surface area (TPSA) is 35.5 Å². The van der Waals surface area contributed by atoms with Crippen LogP contribution in [0.25, 0.3) is 17.2 Å². The third kappa shape index (κ3) is 4.16. The minimum atomic E-state index is -0.134. The quantitative estimate of drug-likeness (QED) is 0.309. The van der Waals surface area contributed by atoms with Crippen molar-refractivity contribution in [2.45, 2.75) is 6.61 Å². The highest BCUT2D eigenvalue weighted by atomic mass is 35.5. The van der Waals surface area contributed by atoms with Crippen LogP contribution in [0.4, 0.5) is 0 Å². The zero-order valence-corrected chi connectivity index (χ0v) is 17.9. The predicted octanol–water partition coefficient (Wildman–Crippen LogP) is 7.20. The number of ketones is 1. The van der Waals surface area contributed by atoms with E-state index >= 15 is 0 Å². The number of Topliss-reactive ketones (excluding diaryl/α,β-unsaturated/α-hetero) is 1. The number of fused-ring (bicyclic) bond motifs is 1. The highest BCUT2D eigenvalue weighted by molar-refractivity contribution is 6.31. The van der Waals surface area contributed by atoms with E-state index in [0.717, 1.165) is 22.3 Å². The molecule has 0 unspecified atom stereocenters. The largest absolute Gasteiger partial charge is 0.489 e. The fraction of sp³-hybridized carbons (Fsp3) is 0.0357. The molecule has 0 fully saturated rings. The summed E-state index contributed by atoms with van der Waals surface area (Å²) < 4.78 is 11.7. The van der Waals surface area contributed by atoms with E-state index in [1.165, 1.54) is 0 Å². The van der Waals surface area contributed by atoms with Gasteiger partial charge in [0, 0.05) is 16.7 Å². The van der Waals surface area contributed by atoms with Crippen molar-refractivity contribution >= 4 is 23.5 Å². The van der Waals surface area contributed by atoms with Crippen LogP contribution in [0.3, 0.4) is 0 Å². The van der Waals surface area contributed by atoms with E-state index in [2.05, 4.69) is 12.1 Å². The summed E-state index contributed by atoms with van der Waals surface area (Å²) in [7, 11) is 0. The molecule has 156 valence electrons. The third-order valence-electron chi connectivity index (χ3n) is 5.31. The smallest absolute Gasteiger partial charge is 0.231 e. The fourth-order valence-corrected chi connectivity index (χ4v) is 3.78. The first-order chi connectivity index (χ1) is 15.7. The standard InChI is InChI=1S/C28H19ClO3/c29-25-9-5-4-8-22(25)18-31-23-14-15-24-26(17-23)32-27(28(24)30)16-19-10-12-21(13-11-19)20-6-2-1-3-7-20/h1-17H,18H2/b27-16-. The average molecular weight is 439 g/mol. The Hall–Kier alpha value is -3.82. The van der Waals surface area contributed by atoms with E-state index in [4.69, 9.17) is 21.1 Å². The summed E-state index contributed by atoms with van der Waals surface area (Å²) in [6.45, 7) is 0.336. The molecule has 3 nitrogen and oxygen atoms in total. The van der Waals surface area contributed by atoms with Crippen LogP contribution in [0.1, 0.15) is 21.5 Å². The van der Waals surface area contributed by atoms with Gasteiger partial charge in [-0.1, -0.05) is 84.4 Å². The molecule has 4 heteroatoms. The monoisotopic (exact) mass is 438 g/mol. The van der Waals surface area contributed by atoms with Crippen molar-refractivity contribution < 1.29 is 14.3 Å². The minimum Gasteiger partial charge on any atom is -0.489 e. The number of hydrogen-bond acceptors (Lipinski definition) is 3. The minimum absolute atomic E-state index is 0.134. The second-order valence-electron chi connectivity index (χ2n) is 7.47. The Morgan fingerprint density at radius 3 is 2.31 bits per heavy atom. The molecule has 32 heavy (non-hydrogen) atoms. The first-order valence-corrected chi connectivity index (χ1v) is 10.7. The van der Waals surface area contributed by atoms with Gasteiger partial charge in [-0.25, -0.2) is 0 Å². The van der Waals surface area contributed by atoms with E-state index in [-0.39, 0.29) is 5.78 Å². The maximum Gasteiger partial charge on any atom is 0.231 e. The zero-order chi connectivity index (χ0) is 21.9. The molecule has 0 atom stereocenters. The summed E-state index contributed by atoms with van der Waals surface area (Å²) in [6, 6.07) is 31.0. The maximum atomic E-state index is 12.8. The van der Waals surface area contributed by atoms with Crippen molar-refractivity contribution in [2.24, 2.45) is 0 Å². The van der Waals surface area contributed by atoms with E-state index < -0.39 is 0 Å². The molecule has 0 spiro atoms. The zero-order valence-electron chi connectivity index (χ0n) is 17.1. The number of carbonyl (C=O) groups is 1. The Morgan fingerprint density at radius 1 is 0.812 bits per heavy atom. The lowest BCUT2D eigenvalue weighted by Gasteiger charge is -2.08. The predicted molar refractivity (Wildman–Crippen MR) is 127 cm³/mol. The Balaban J connectivity index is 1.31. The molecule has 4 aromatic rings. The summed E-state index contributed by atoms with van der Waals surface area (Å²) in [5.74, 6) is 1.28. The third-order valence-corrected chi connectivity index (χ3v) is 5.68. The first kappa shape index (κ1) is 20.1. The number of benzene rings is 4. The molecule has 1 aliphatic rings. The van der Waals surface area contributed by atoms with Gasteiger partial charge in [-0.15, -0.1) is 0 Å². The number of rotatable bonds is 5. The number of hydrogen-bond donors (Lipinski definition) is 0. The molecule has 0 N–H and O–H groups in total. The Bertz CT molecular complexity index is 1310. The summed E-state index contributed by atoms with van der Waals surface area (Å²) in [5, 5.41) is 0.656. The van der Waals surface area contributed by atoms with Crippen LogP contribution in [0, 0.1) is 0 Å². The van der Waals surface area contributed by atoms with Crippen LogP contribution in [0.5, 0.6) is 11.5 Å². The molecular formula is C28H19ClO3. The van der Waals surface area contributed by atoms with Crippen LogP contribution < -0.4 is 9.47 Å². The van der Waals surface area contributed by atoms with E-state index in [1.54, 1.807) is 24.3 Å². The number of halogens is 1. The van der Waals surface area contributed by atoms with Crippen molar-refractivity contribution in [1.82, 2.24) is 0 Å². The molecule has 1 aliphatic heterocycles. The van der Waals surface area contributed by atoms with Crippen LogP contribution >= 0.6 is 11.6 Å². The fourth-order valence-electron chi connectivity index (χ4n) is 3.59. The molecule has 0 saturated heterocycles.